The van der Waals surface area contributed by atoms with Gasteiger partial charge in [0.15, 0.2) is 6.10 Å². The van der Waals surface area contributed by atoms with Crippen LogP contribution in [0.1, 0.15) is 220 Å². The van der Waals surface area contributed by atoms with Crippen molar-refractivity contribution in [3.8, 4) is 0 Å². The molecule has 0 aromatic carbocycles. The molecule has 0 saturated heterocycles. The molecule has 0 aromatic rings. The molecule has 1 atom stereocenters. The van der Waals surface area contributed by atoms with E-state index in [-0.39, 0.29) is 31.1 Å². The molecule has 278 valence electrons. The smallest absolute Gasteiger partial charge is 0.306 e. The van der Waals surface area contributed by atoms with E-state index in [1.165, 1.54) is 109 Å². The zero-order valence-corrected chi connectivity index (χ0v) is 31.7. The Bertz CT molecular complexity index is 706. The topological polar surface area (TPSA) is 78.9 Å². The van der Waals surface area contributed by atoms with Gasteiger partial charge in [0.2, 0.25) is 0 Å². The first-order valence-electron chi connectivity index (χ1n) is 20.4. The number of rotatable bonds is 36. The maximum absolute atomic E-state index is 12.6. The van der Waals surface area contributed by atoms with Crippen molar-refractivity contribution in [2.45, 2.75) is 226 Å². The molecule has 0 aliphatic heterocycles. The van der Waals surface area contributed by atoms with E-state index in [0.717, 1.165) is 70.1 Å². The van der Waals surface area contributed by atoms with Gasteiger partial charge in [-0.15, -0.1) is 0 Å². The van der Waals surface area contributed by atoms with Gasteiger partial charge in [-0.1, -0.05) is 182 Å². The zero-order chi connectivity index (χ0) is 34.6. The number of ether oxygens (including phenoxy) is 3. The van der Waals surface area contributed by atoms with Crippen LogP contribution in [0, 0.1) is 5.92 Å². The summed E-state index contributed by atoms with van der Waals surface area (Å²) in [6.45, 7) is 8.88. The molecule has 0 amide bonds. The fraction of sp³-hybridized carbons (Fsp3) is 0.927. The number of esters is 3. The largest absolute Gasteiger partial charge is 0.462 e. The average molecular weight is 667 g/mol. The molecule has 0 spiro atoms. The molecule has 0 unspecified atom stereocenters. The minimum atomic E-state index is -0.756. The van der Waals surface area contributed by atoms with Crippen molar-refractivity contribution in [2.24, 2.45) is 5.92 Å². The van der Waals surface area contributed by atoms with Gasteiger partial charge in [-0.25, -0.2) is 0 Å². The van der Waals surface area contributed by atoms with Crippen LogP contribution in [0.25, 0.3) is 0 Å². The summed E-state index contributed by atoms with van der Waals surface area (Å²) in [5, 5.41) is 0. The van der Waals surface area contributed by atoms with Crippen LogP contribution < -0.4 is 0 Å². The van der Waals surface area contributed by atoms with Crippen LogP contribution in [0.5, 0.6) is 0 Å². The van der Waals surface area contributed by atoms with Gasteiger partial charge in [0, 0.05) is 19.3 Å². The quantitative estimate of drug-likeness (QED) is 0.0376. The highest BCUT2D eigenvalue weighted by molar-refractivity contribution is 5.71. The Morgan fingerprint density at radius 2 is 0.702 bits per heavy atom. The molecule has 0 aliphatic rings. The maximum atomic E-state index is 12.6. The molecule has 6 heteroatoms. The molecule has 0 aliphatic carbocycles. The standard InChI is InChI=1S/C41H78O6/c1-5-7-9-11-12-13-18-22-26-30-34-41(44)47-38(35-45-39(42)32-28-23-10-8-6-2)36-46-40(43)33-29-25-21-19-16-14-15-17-20-24-27-31-37(3)4/h37-38H,5-36H2,1-4H3/t38-/m1/s1. The van der Waals surface area contributed by atoms with Crippen LogP contribution in [-0.2, 0) is 28.6 Å². The highest BCUT2D eigenvalue weighted by Gasteiger charge is 2.19. The molecule has 0 rings (SSSR count). The fourth-order valence-corrected chi connectivity index (χ4v) is 5.92. The normalized spacial score (nSPS) is 11.9. The van der Waals surface area contributed by atoms with Crippen molar-refractivity contribution in [2.75, 3.05) is 13.2 Å². The number of carbonyl (C=O) groups is 3. The Morgan fingerprint density at radius 1 is 0.404 bits per heavy atom. The molecule has 47 heavy (non-hydrogen) atoms. The van der Waals surface area contributed by atoms with E-state index in [1.807, 2.05) is 0 Å². The van der Waals surface area contributed by atoms with E-state index in [4.69, 9.17) is 14.2 Å². The predicted molar refractivity (Wildman–Crippen MR) is 196 cm³/mol. The lowest BCUT2D eigenvalue weighted by atomic mass is 10.0. The lowest BCUT2D eigenvalue weighted by molar-refractivity contribution is -0.167. The minimum Gasteiger partial charge on any atom is -0.462 e. The summed E-state index contributed by atoms with van der Waals surface area (Å²) < 4.78 is 16.5. The summed E-state index contributed by atoms with van der Waals surface area (Å²) >= 11 is 0. The molecular weight excluding hydrogens is 588 g/mol. The molecule has 0 bridgehead atoms. The van der Waals surface area contributed by atoms with E-state index in [0.29, 0.717) is 19.3 Å². The Labute approximate surface area is 291 Å². The monoisotopic (exact) mass is 667 g/mol. The minimum absolute atomic E-state index is 0.0656. The van der Waals surface area contributed by atoms with Gasteiger partial charge in [0.25, 0.3) is 0 Å². The molecule has 6 nitrogen and oxygen atoms in total. The van der Waals surface area contributed by atoms with Gasteiger partial charge in [0.1, 0.15) is 13.2 Å². The van der Waals surface area contributed by atoms with Crippen molar-refractivity contribution in [1.29, 1.82) is 0 Å². The van der Waals surface area contributed by atoms with Gasteiger partial charge < -0.3 is 14.2 Å². The number of unbranched alkanes of at least 4 members (excludes halogenated alkanes) is 23. The molecule has 0 heterocycles. The second kappa shape index (κ2) is 35.7. The summed E-state index contributed by atoms with van der Waals surface area (Å²) in [6.07, 6.45) is 32.6. The predicted octanol–water partition coefficient (Wildman–Crippen LogP) is 12.4. The van der Waals surface area contributed by atoms with Crippen molar-refractivity contribution in [1.82, 2.24) is 0 Å². The number of hydrogen-bond acceptors (Lipinski definition) is 6. The second-order valence-corrected chi connectivity index (χ2v) is 14.4. The Kier molecular flexibility index (Phi) is 34.5. The Morgan fingerprint density at radius 3 is 1.04 bits per heavy atom. The van der Waals surface area contributed by atoms with Crippen molar-refractivity contribution < 1.29 is 28.6 Å². The van der Waals surface area contributed by atoms with E-state index in [9.17, 15) is 14.4 Å². The summed E-state index contributed by atoms with van der Waals surface area (Å²) in [5.74, 6) is -0.0495. The average Bonchev–Trinajstić information content (AvgIpc) is 3.05. The van der Waals surface area contributed by atoms with E-state index >= 15 is 0 Å². The summed E-state index contributed by atoms with van der Waals surface area (Å²) in [5.41, 5.74) is 0. The lowest BCUT2D eigenvalue weighted by Gasteiger charge is -2.18. The highest BCUT2D eigenvalue weighted by Crippen LogP contribution is 2.15. The summed E-state index contributed by atoms with van der Waals surface area (Å²) in [4.78, 5) is 37.2. The van der Waals surface area contributed by atoms with Crippen LogP contribution in [0.3, 0.4) is 0 Å². The lowest BCUT2D eigenvalue weighted by Crippen LogP contribution is -2.30. The fourth-order valence-electron chi connectivity index (χ4n) is 5.92. The SMILES string of the molecule is CCCCCCCCCCCCC(=O)O[C@H](COC(=O)CCCCCCC)COC(=O)CCCCCCCCCCCCCC(C)C. The van der Waals surface area contributed by atoms with E-state index in [2.05, 4.69) is 27.7 Å². The number of carbonyl (C=O) groups excluding carboxylic acids is 3. The van der Waals surface area contributed by atoms with Gasteiger partial charge in [0.05, 0.1) is 0 Å². The Hall–Kier alpha value is -1.59. The van der Waals surface area contributed by atoms with Gasteiger partial charge in [-0.3, -0.25) is 14.4 Å². The summed E-state index contributed by atoms with van der Waals surface area (Å²) in [6, 6.07) is 0. The maximum Gasteiger partial charge on any atom is 0.306 e. The third-order valence-electron chi connectivity index (χ3n) is 9.04. The van der Waals surface area contributed by atoms with Crippen molar-refractivity contribution in [3.05, 3.63) is 0 Å². The van der Waals surface area contributed by atoms with Crippen LogP contribution in [0.2, 0.25) is 0 Å². The first-order chi connectivity index (χ1) is 22.9. The van der Waals surface area contributed by atoms with Crippen LogP contribution >= 0.6 is 0 Å². The molecular formula is C41H78O6. The van der Waals surface area contributed by atoms with Crippen LogP contribution in [-0.4, -0.2) is 37.2 Å². The second-order valence-electron chi connectivity index (χ2n) is 14.4. The first kappa shape index (κ1) is 45.4. The molecule has 0 fully saturated rings. The molecule has 0 N–H and O–H groups in total. The van der Waals surface area contributed by atoms with Gasteiger partial charge in [-0.2, -0.15) is 0 Å². The summed E-state index contributed by atoms with van der Waals surface area (Å²) in [7, 11) is 0. The molecule has 0 aromatic heterocycles. The Balaban J connectivity index is 4.22. The van der Waals surface area contributed by atoms with E-state index in [1.54, 1.807) is 0 Å². The molecule has 0 saturated carbocycles. The van der Waals surface area contributed by atoms with Crippen LogP contribution in [0.15, 0.2) is 0 Å². The third kappa shape index (κ3) is 35.5. The highest BCUT2D eigenvalue weighted by atomic mass is 16.6. The van der Waals surface area contributed by atoms with Gasteiger partial charge >= 0.3 is 17.9 Å². The van der Waals surface area contributed by atoms with Crippen molar-refractivity contribution in [3.63, 3.8) is 0 Å². The van der Waals surface area contributed by atoms with Gasteiger partial charge in [-0.05, 0) is 25.2 Å². The first-order valence-corrected chi connectivity index (χ1v) is 20.4. The van der Waals surface area contributed by atoms with Crippen molar-refractivity contribution >= 4 is 17.9 Å². The number of hydrogen-bond donors (Lipinski definition) is 0. The van der Waals surface area contributed by atoms with E-state index < -0.39 is 6.10 Å². The zero-order valence-electron chi connectivity index (χ0n) is 31.7. The molecule has 0 radical (unpaired) electrons. The third-order valence-corrected chi connectivity index (χ3v) is 9.04. The van der Waals surface area contributed by atoms with Crippen LogP contribution in [0.4, 0.5) is 0 Å².